The highest BCUT2D eigenvalue weighted by Gasteiger charge is 2.37. The van der Waals surface area contributed by atoms with Crippen LogP contribution >= 0.6 is 0 Å². The van der Waals surface area contributed by atoms with Gasteiger partial charge in [-0.2, -0.15) is 0 Å². The van der Waals surface area contributed by atoms with Gasteiger partial charge < -0.3 is 16.5 Å². The molecule has 0 aliphatic heterocycles. The lowest BCUT2D eigenvalue weighted by Crippen LogP contribution is -2.18. The van der Waals surface area contributed by atoms with Crippen LogP contribution in [0.2, 0.25) is 0 Å². The fourth-order valence-electron chi connectivity index (χ4n) is 4.47. The Morgan fingerprint density at radius 3 is 2.65 bits per heavy atom. The van der Waals surface area contributed by atoms with Crippen molar-refractivity contribution in [1.29, 1.82) is 5.41 Å². The number of aromatic nitrogens is 1. The molecule has 1 aliphatic carbocycles. The predicted molar refractivity (Wildman–Crippen MR) is 136 cm³/mol. The van der Waals surface area contributed by atoms with E-state index < -0.39 is 0 Å². The largest absolute Gasteiger partial charge is 0.326 e. The molecule has 3 aromatic rings. The second-order valence-corrected chi connectivity index (χ2v) is 9.45. The number of anilines is 1. The molecule has 4 N–H and O–H groups in total. The van der Waals surface area contributed by atoms with Gasteiger partial charge in [0.05, 0.1) is 11.4 Å². The van der Waals surface area contributed by atoms with Crippen LogP contribution in [0.5, 0.6) is 0 Å². The number of nitrogens with one attached hydrogen (secondary N) is 2. The Labute approximate surface area is 200 Å². The van der Waals surface area contributed by atoms with Gasteiger partial charge in [0.25, 0.3) is 5.91 Å². The van der Waals surface area contributed by atoms with Gasteiger partial charge in [-0.1, -0.05) is 51.5 Å². The molecule has 34 heavy (non-hydrogen) atoms. The number of benzene rings is 2. The van der Waals surface area contributed by atoms with Crippen molar-refractivity contribution >= 4 is 23.1 Å². The SMILES string of the molecule is CCCC(=N)c1cc(C(=O)Nc2ccc(CN)c(-c3ccc4c(c3)CC(C)(C)C4=O)c2)ccn1. The average molecular weight is 455 g/mol. The lowest BCUT2D eigenvalue weighted by atomic mass is 9.89. The molecular formula is C28H30N4O2. The monoisotopic (exact) mass is 454 g/mol. The van der Waals surface area contributed by atoms with E-state index in [0.29, 0.717) is 42.0 Å². The molecule has 0 bridgehead atoms. The molecule has 174 valence electrons. The quantitative estimate of drug-likeness (QED) is 0.416. The molecule has 0 saturated carbocycles. The fraction of sp³-hybridized carbons (Fsp3) is 0.286. The molecule has 2 aromatic carbocycles. The van der Waals surface area contributed by atoms with Crippen molar-refractivity contribution in [3.05, 3.63) is 82.7 Å². The third-order valence-electron chi connectivity index (χ3n) is 6.33. The molecule has 0 spiro atoms. The first-order valence-electron chi connectivity index (χ1n) is 11.6. The summed E-state index contributed by atoms with van der Waals surface area (Å²) < 4.78 is 0. The van der Waals surface area contributed by atoms with E-state index in [9.17, 15) is 9.59 Å². The van der Waals surface area contributed by atoms with E-state index in [-0.39, 0.29) is 17.1 Å². The van der Waals surface area contributed by atoms with Crippen molar-refractivity contribution in [1.82, 2.24) is 4.98 Å². The number of hydrogen-bond acceptors (Lipinski definition) is 5. The minimum atomic E-state index is -0.385. The van der Waals surface area contributed by atoms with Gasteiger partial charge in [0.2, 0.25) is 0 Å². The summed E-state index contributed by atoms with van der Waals surface area (Å²) in [6.07, 6.45) is 3.73. The van der Waals surface area contributed by atoms with Crippen molar-refractivity contribution in [3.8, 4) is 11.1 Å². The van der Waals surface area contributed by atoms with Gasteiger partial charge in [-0.15, -0.1) is 0 Å². The maximum Gasteiger partial charge on any atom is 0.255 e. The highest BCUT2D eigenvalue weighted by molar-refractivity contribution is 6.07. The number of Topliss-reactive ketones (excluding diaryl/α,β-unsaturated/α-hetero) is 1. The smallest absolute Gasteiger partial charge is 0.255 e. The lowest BCUT2D eigenvalue weighted by Gasteiger charge is -2.14. The van der Waals surface area contributed by atoms with Crippen LogP contribution in [0, 0.1) is 10.8 Å². The summed E-state index contributed by atoms with van der Waals surface area (Å²) in [4.78, 5) is 29.8. The number of amides is 1. The van der Waals surface area contributed by atoms with Crippen LogP contribution in [0.25, 0.3) is 11.1 Å². The van der Waals surface area contributed by atoms with E-state index in [1.54, 1.807) is 18.3 Å². The second-order valence-electron chi connectivity index (χ2n) is 9.45. The molecule has 0 saturated heterocycles. The van der Waals surface area contributed by atoms with Crippen LogP contribution in [0.15, 0.2) is 54.7 Å². The first-order valence-corrected chi connectivity index (χ1v) is 11.6. The maximum atomic E-state index is 12.9. The van der Waals surface area contributed by atoms with Crippen LogP contribution in [0.3, 0.4) is 0 Å². The number of hydrogen-bond donors (Lipinski definition) is 3. The molecule has 1 aromatic heterocycles. The van der Waals surface area contributed by atoms with Crippen LogP contribution in [0.1, 0.15) is 71.1 Å². The predicted octanol–water partition coefficient (Wildman–Crippen LogP) is 5.39. The Morgan fingerprint density at radius 1 is 1.12 bits per heavy atom. The Hall–Kier alpha value is -3.64. The topological polar surface area (TPSA) is 109 Å². The Kier molecular flexibility index (Phi) is 6.44. The molecule has 0 unspecified atom stereocenters. The third-order valence-corrected chi connectivity index (χ3v) is 6.33. The first kappa shape index (κ1) is 23.5. The molecular weight excluding hydrogens is 424 g/mol. The normalized spacial score (nSPS) is 14.1. The van der Waals surface area contributed by atoms with Gasteiger partial charge in [-0.25, -0.2) is 0 Å². The van der Waals surface area contributed by atoms with Crippen molar-refractivity contribution < 1.29 is 9.59 Å². The zero-order valence-corrected chi connectivity index (χ0v) is 19.9. The molecule has 0 atom stereocenters. The van der Waals surface area contributed by atoms with Crippen molar-refractivity contribution in [2.24, 2.45) is 11.1 Å². The zero-order chi connectivity index (χ0) is 24.5. The van der Waals surface area contributed by atoms with E-state index in [0.717, 1.165) is 34.2 Å². The number of nitrogens with zero attached hydrogens (tertiary/aromatic N) is 1. The Balaban J connectivity index is 1.62. The summed E-state index contributed by atoms with van der Waals surface area (Å²) in [7, 11) is 0. The number of carbonyl (C=O) groups is 2. The molecule has 6 heteroatoms. The van der Waals surface area contributed by atoms with Crippen molar-refractivity contribution in [2.75, 3.05) is 5.32 Å². The number of nitrogens with two attached hydrogens (primary N) is 1. The molecule has 4 rings (SSSR count). The highest BCUT2D eigenvalue weighted by Crippen LogP contribution is 2.38. The van der Waals surface area contributed by atoms with Crippen molar-refractivity contribution in [2.45, 2.75) is 46.6 Å². The van der Waals surface area contributed by atoms with Crippen LogP contribution in [0.4, 0.5) is 5.69 Å². The minimum Gasteiger partial charge on any atom is -0.326 e. The number of carbonyl (C=O) groups excluding carboxylic acids is 2. The number of rotatable bonds is 7. The lowest BCUT2D eigenvalue weighted by molar-refractivity contribution is 0.0863. The molecule has 1 heterocycles. The molecule has 1 aliphatic rings. The minimum absolute atomic E-state index is 0.179. The zero-order valence-electron chi connectivity index (χ0n) is 19.9. The summed E-state index contributed by atoms with van der Waals surface area (Å²) in [6.45, 7) is 6.32. The standard InChI is InChI=1S/C28H30N4O2/c1-4-5-24(30)25-13-18(10-11-31-25)27(34)32-21-8-6-19(16-29)23(14-21)17-7-9-22-20(12-17)15-28(2,3)26(22)33/h6-14,30H,4-5,15-16,29H2,1-3H3,(H,32,34). The second kappa shape index (κ2) is 9.31. The summed E-state index contributed by atoms with van der Waals surface area (Å²) in [5.74, 6) is -0.0847. The number of ketones is 1. The molecule has 6 nitrogen and oxygen atoms in total. The fourth-order valence-corrected chi connectivity index (χ4v) is 4.47. The van der Waals surface area contributed by atoms with E-state index in [1.165, 1.54) is 0 Å². The first-order chi connectivity index (χ1) is 16.2. The van der Waals surface area contributed by atoms with Gasteiger partial charge in [0, 0.05) is 35.0 Å². The van der Waals surface area contributed by atoms with E-state index in [2.05, 4.69) is 16.4 Å². The van der Waals surface area contributed by atoms with E-state index in [1.807, 2.05) is 51.1 Å². The Morgan fingerprint density at radius 2 is 1.91 bits per heavy atom. The summed E-state index contributed by atoms with van der Waals surface area (Å²) in [5.41, 5.74) is 12.4. The van der Waals surface area contributed by atoms with Crippen molar-refractivity contribution in [3.63, 3.8) is 0 Å². The summed E-state index contributed by atoms with van der Waals surface area (Å²) in [5, 5.41) is 11.1. The number of fused-ring (bicyclic) bond motifs is 1. The van der Waals surface area contributed by atoms with Gasteiger partial charge in [-0.05, 0) is 59.4 Å². The highest BCUT2D eigenvalue weighted by atomic mass is 16.1. The number of pyridine rings is 1. The van der Waals surface area contributed by atoms with E-state index >= 15 is 0 Å². The maximum absolute atomic E-state index is 12.9. The van der Waals surface area contributed by atoms with E-state index in [4.69, 9.17) is 11.1 Å². The summed E-state index contributed by atoms with van der Waals surface area (Å²) >= 11 is 0. The van der Waals surface area contributed by atoms with Gasteiger partial charge in [0.15, 0.2) is 5.78 Å². The Bertz CT molecular complexity index is 1290. The van der Waals surface area contributed by atoms with Crippen LogP contribution < -0.4 is 11.1 Å². The van der Waals surface area contributed by atoms with Crippen LogP contribution in [-0.4, -0.2) is 22.4 Å². The third kappa shape index (κ3) is 4.54. The van der Waals surface area contributed by atoms with Gasteiger partial charge in [0.1, 0.15) is 0 Å². The average Bonchev–Trinajstić information content (AvgIpc) is 3.06. The van der Waals surface area contributed by atoms with Gasteiger partial charge >= 0.3 is 0 Å². The van der Waals surface area contributed by atoms with Gasteiger partial charge in [-0.3, -0.25) is 14.6 Å². The molecule has 0 fully saturated rings. The van der Waals surface area contributed by atoms with Crippen LogP contribution in [-0.2, 0) is 13.0 Å². The summed E-state index contributed by atoms with van der Waals surface area (Å²) in [6, 6.07) is 14.9. The molecule has 0 radical (unpaired) electrons. The molecule has 1 amide bonds.